The van der Waals surface area contributed by atoms with Crippen molar-refractivity contribution < 1.29 is 4.79 Å². The van der Waals surface area contributed by atoms with Gasteiger partial charge in [0.05, 0.1) is 0 Å². The van der Waals surface area contributed by atoms with Gasteiger partial charge in [-0.25, -0.2) is 0 Å². The van der Waals surface area contributed by atoms with Crippen molar-refractivity contribution in [2.75, 3.05) is 6.54 Å². The Bertz CT molecular complexity index is 513. The van der Waals surface area contributed by atoms with Gasteiger partial charge in [-0.05, 0) is 42.8 Å². The normalized spacial score (nSPS) is 12.1. The maximum Gasteiger partial charge on any atom is 0.251 e. The molecule has 0 aliphatic heterocycles. The highest BCUT2D eigenvalue weighted by molar-refractivity contribution is 5.94. The zero-order valence-electron chi connectivity index (χ0n) is 11.0. The first-order valence-electron chi connectivity index (χ1n) is 6.49. The van der Waals surface area contributed by atoms with Gasteiger partial charge in [-0.3, -0.25) is 4.79 Å². The van der Waals surface area contributed by atoms with Crippen LogP contribution in [-0.2, 0) is 0 Å². The molecule has 0 radical (unpaired) electrons. The van der Waals surface area contributed by atoms with Gasteiger partial charge in [-0.2, -0.15) is 0 Å². The van der Waals surface area contributed by atoms with Crippen molar-refractivity contribution in [1.29, 1.82) is 0 Å². The van der Waals surface area contributed by atoms with Crippen molar-refractivity contribution in [2.45, 2.75) is 19.4 Å². The number of nitrogens with two attached hydrogens (primary N) is 1. The molecule has 2 aromatic rings. The summed E-state index contributed by atoms with van der Waals surface area (Å²) < 4.78 is 2.00. The van der Waals surface area contributed by atoms with Crippen LogP contribution in [0.1, 0.15) is 23.7 Å². The third-order valence-electron chi connectivity index (χ3n) is 3.14. The number of benzene rings is 1. The molecule has 2 rings (SSSR count). The Hall–Kier alpha value is -2.07. The molecule has 19 heavy (non-hydrogen) atoms. The summed E-state index contributed by atoms with van der Waals surface area (Å²) in [6.45, 7) is 2.47. The van der Waals surface area contributed by atoms with Gasteiger partial charge in [-0.1, -0.05) is 6.92 Å². The van der Waals surface area contributed by atoms with Gasteiger partial charge in [-0.15, -0.1) is 0 Å². The lowest BCUT2D eigenvalue weighted by atomic mass is 10.1. The van der Waals surface area contributed by atoms with E-state index >= 15 is 0 Å². The fourth-order valence-electron chi connectivity index (χ4n) is 1.89. The van der Waals surface area contributed by atoms with Crippen LogP contribution < -0.4 is 11.1 Å². The van der Waals surface area contributed by atoms with Gasteiger partial charge in [0, 0.05) is 36.2 Å². The summed E-state index contributed by atoms with van der Waals surface area (Å²) in [5, 5.41) is 2.92. The molecule has 0 spiro atoms. The lowest BCUT2D eigenvalue weighted by Gasteiger charge is -2.14. The minimum absolute atomic E-state index is 0.0385. The van der Waals surface area contributed by atoms with Crippen LogP contribution in [0.15, 0.2) is 48.8 Å². The van der Waals surface area contributed by atoms with E-state index in [1.54, 1.807) is 0 Å². The van der Waals surface area contributed by atoms with E-state index in [1.165, 1.54) is 0 Å². The standard InChI is InChI=1S/C15H19N3O/c1-2-13(11-16)17-15(19)12-5-7-14(8-6-12)18-9-3-4-10-18/h3-10,13H,2,11,16H2,1H3,(H,17,19). The molecule has 0 aliphatic rings. The van der Waals surface area contributed by atoms with Gasteiger partial charge in [0.15, 0.2) is 0 Å². The van der Waals surface area contributed by atoms with Gasteiger partial charge >= 0.3 is 0 Å². The molecule has 1 heterocycles. The van der Waals surface area contributed by atoms with E-state index in [0.717, 1.165) is 12.1 Å². The molecule has 4 heteroatoms. The molecule has 3 N–H and O–H groups in total. The Morgan fingerprint density at radius 1 is 1.26 bits per heavy atom. The Labute approximate surface area is 113 Å². The summed E-state index contributed by atoms with van der Waals surface area (Å²) in [7, 11) is 0. The van der Waals surface area contributed by atoms with Crippen LogP contribution in [0.3, 0.4) is 0 Å². The van der Waals surface area contributed by atoms with E-state index in [9.17, 15) is 4.79 Å². The maximum absolute atomic E-state index is 12.0. The molecule has 1 unspecified atom stereocenters. The number of carbonyl (C=O) groups is 1. The molecule has 0 saturated carbocycles. The van der Waals surface area contributed by atoms with E-state index in [1.807, 2.05) is 60.3 Å². The summed E-state index contributed by atoms with van der Waals surface area (Å²) in [6.07, 6.45) is 4.77. The topological polar surface area (TPSA) is 60.0 Å². The molecule has 100 valence electrons. The average Bonchev–Trinajstić information content (AvgIpc) is 2.99. The Morgan fingerprint density at radius 3 is 2.42 bits per heavy atom. The molecule has 0 fully saturated rings. The third-order valence-corrected chi connectivity index (χ3v) is 3.14. The lowest BCUT2D eigenvalue weighted by Crippen LogP contribution is -2.39. The number of aromatic nitrogens is 1. The highest BCUT2D eigenvalue weighted by Crippen LogP contribution is 2.10. The first-order valence-corrected chi connectivity index (χ1v) is 6.49. The Morgan fingerprint density at radius 2 is 1.89 bits per heavy atom. The first-order chi connectivity index (χ1) is 9.24. The summed E-state index contributed by atoms with van der Waals surface area (Å²) in [6, 6.07) is 11.5. The molecule has 1 aromatic heterocycles. The number of amides is 1. The molecule has 1 atom stereocenters. The second kappa shape index (κ2) is 6.20. The smallest absolute Gasteiger partial charge is 0.251 e. The van der Waals surface area contributed by atoms with Crippen LogP contribution in [0.25, 0.3) is 5.69 Å². The minimum atomic E-state index is -0.0728. The number of hydrogen-bond acceptors (Lipinski definition) is 2. The first kappa shape index (κ1) is 13.4. The zero-order valence-corrected chi connectivity index (χ0v) is 11.0. The molecule has 1 amide bonds. The van der Waals surface area contributed by atoms with Gasteiger partial charge in [0.25, 0.3) is 5.91 Å². The van der Waals surface area contributed by atoms with Crippen molar-refractivity contribution >= 4 is 5.91 Å². The van der Waals surface area contributed by atoms with Crippen LogP contribution in [0.5, 0.6) is 0 Å². The summed E-state index contributed by atoms with van der Waals surface area (Å²) in [5.74, 6) is -0.0728. The molecular weight excluding hydrogens is 238 g/mol. The largest absolute Gasteiger partial charge is 0.348 e. The maximum atomic E-state index is 12.0. The Balaban J connectivity index is 2.08. The third kappa shape index (κ3) is 3.23. The molecule has 0 aliphatic carbocycles. The van der Waals surface area contributed by atoms with Gasteiger partial charge in [0.1, 0.15) is 0 Å². The summed E-state index contributed by atoms with van der Waals surface area (Å²) in [4.78, 5) is 12.0. The lowest BCUT2D eigenvalue weighted by molar-refractivity contribution is 0.0937. The van der Waals surface area contributed by atoms with E-state index in [2.05, 4.69) is 5.32 Å². The van der Waals surface area contributed by atoms with Crippen LogP contribution >= 0.6 is 0 Å². The predicted octanol–water partition coefficient (Wildman–Crippen LogP) is 1.94. The van der Waals surface area contributed by atoms with Gasteiger partial charge in [0.2, 0.25) is 0 Å². The number of rotatable bonds is 5. The number of carbonyl (C=O) groups excluding carboxylic acids is 1. The molecule has 0 bridgehead atoms. The monoisotopic (exact) mass is 257 g/mol. The van der Waals surface area contributed by atoms with Crippen molar-refractivity contribution in [1.82, 2.24) is 9.88 Å². The Kier molecular flexibility index (Phi) is 4.36. The van der Waals surface area contributed by atoms with Crippen molar-refractivity contribution in [2.24, 2.45) is 5.73 Å². The summed E-state index contributed by atoms with van der Waals surface area (Å²) >= 11 is 0. The van der Waals surface area contributed by atoms with E-state index in [0.29, 0.717) is 12.1 Å². The zero-order chi connectivity index (χ0) is 13.7. The number of nitrogens with zero attached hydrogens (tertiary/aromatic N) is 1. The average molecular weight is 257 g/mol. The van der Waals surface area contributed by atoms with Crippen molar-refractivity contribution in [3.05, 3.63) is 54.4 Å². The van der Waals surface area contributed by atoms with Crippen LogP contribution in [-0.4, -0.2) is 23.1 Å². The van der Waals surface area contributed by atoms with E-state index in [-0.39, 0.29) is 11.9 Å². The van der Waals surface area contributed by atoms with Crippen LogP contribution in [0, 0.1) is 0 Å². The quantitative estimate of drug-likeness (QED) is 0.860. The fraction of sp³-hybridized carbons (Fsp3) is 0.267. The minimum Gasteiger partial charge on any atom is -0.348 e. The van der Waals surface area contributed by atoms with Gasteiger partial charge < -0.3 is 15.6 Å². The number of hydrogen-bond donors (Lipinski definition) is 2. The predicted molar refractivity (Wildman–Crippen MR) is 76.4 cm³/mol. The highest BCUT2D eigenvalue weighted by Gasteiger charge is 2.10. The van der Waals surface area contributed by atoms with Crippen LogP contribution in [0.4, 0.5) is 0 Å². The van der Waals surface area contributed by atoms with Crippen LogP contribution in [0.2, 0.25) is 0 Å². The second-order valence-corrected chi connectivity index (χ2v) is 4.45. The molecule has 0 saturated heterocycles. The second-order valence-electron chi connectivity index (χ2n) is 4.45. The van der Waals surface area contributed by atoms with E-state index in [4.69, 9.17) is 5.73 Å². The SMILES string of the molecule is CCC(CN)NC(=O)c1ccc(-n2cccc2)cc1. The molecule has 1 aromatic carbocycles. The molecular formula is C15H19N3O. The van der Waals surface area contributed by atoms with Crippen molar-refractivity contribution in [3.8, 4) is 5.69 Å². The highest BCUT2D eigenvalue weighted by atomic mass is 16.1. The number of nitrogens with one attached hydrogen (secondary N) is 1. The molecule has 4 nitrogen and oxygen atoms in total. The fourth-order valence-corrected chi connectivity index (χ4v) is 1.89. The van der Waals surface area contributed by atoms with E-state index < -0.39 is 0 Å². The summed E-state index contributed by atoms with van der Waals surface area (Å²) in [5.41, 5.74) is 7.27. The van der Waals surface area contributed by atoms with Crippen molar-refractivity contribution in [3.63, 3.8) is 0 Å².